The molecule has 1 atom stereocenters. The van der Waals surface area contributed by atoms with Gasteiger partial charge >= 0.3 is 0 Å². The molecule has 0 saturated heterocycles. The number of rotatable bonds is 3. The zero-order chi connectivity index (χ0) is 10.8. The van der Waals surface area contributed by atoms with Gasteiger partial charge in [-0.3, -0.25) is 0 Å². The van der Waals surface area contributed by atoms with Gasteiger partial charge in [0.25, 0.3) is 0 Å². The standard InChI is InChI=1S/C11H16O3/c1-11(2,7-12)10(14)8-4-3-5-9(13)6-8/h3-6,10,12-14H,7H2,1-2H3/t10-/m1/s1. The van der Waals surface area contributed by atoms with Crippen molar-refractivity contribution in [2.24, 2.45) is 5.41 Å². The van der Waals surface area contributed by atoms with Crippen LogP contribution in [0.2, 0.25) is 0 Å². The summed E-state index contributed by atoms with van der Waals surface area (Å²) in [5.74, 6) is 0.121. The number of aliphatic hydroxyl groups is 2. The summed E-state index contributed by atoms with van der Waals surface area (Å²) in [6.45, 7) is 3.42. The van der Waals surface area contributed by atoms with E-state index < -0.39 is 11.5 Å². The summed E-state index contributed by atoms with van der Waals surface area (Å²) in [5.41, 5.74) is 0.0115. The lowest BCUT2D eigenvalue weighted by molar-refractivity contribution is 0.00627. The molecule has 0 spiro atoms. The molecule has 1 rings (SSSR count). The Morgan fingerprint density at radius 3 is 2.50 bits per heavy atom. The van der Waals surface area contributed by atoms with Crippen molar-refractivity contribution in [1.82, 2.24) is 0 Å². The lowest BCUT2D eigenvalue weighted by Gasteiger charge is -2.28. The summed E-state index contributed by atoms with van der Waals surface area (Å²) >= 11 is 0. The summed E-state index contributed by atoms with van der Waals surface area (Å²) in [4.78, 5) is 0. The van der Waals surface area contributed by atoms with Crippen molar-refractivity contribution in [3.05, 3.63) is 29.8 Å². The van der Waals surface area contributed by atoms with Crippen molar-refractivity contribution in [1.29, 1.82) is 0 Å². The molecule has 3 N–H and O–H groups in total. The van der Waals surface area contributed by atoms with Crippen molar-refractivity contribution in [2.45, 2.75) is 20.0 Å². The van der Waals surface area contributed by atoms with Crippen LogP contribution in [0.4, 0.5) is 0 Å². The first-order valence-electron chi connectivity index (χ1n) is 4.55. The monoisotopic (exact) mass is 196 g/mol. The van der Waals surface area contributed by atoms with Crippen LogP contribution in [0.1, 0.15) is 25.5 Å². The first kappa shape index (κ1) is 11.0. The normalized spacial score (nSPS) is 14.0. The number of benzene rings is 1. The molecular formula is C11H16O3. The molecule has 0 aliphatic rings. The Morgan fingerprint density at radius 2 is 2.00 bits per heavy atom. The van der Waals surface area contributed by atoms with E-state index in [1.54, 1.807) is 32.0 Å². The molecule has 14 heavy (non-hydrogen) atoms. The van der Waals surface area contributed by atoms with Crippen LogP contribution < -0.4 is 0 Å². The second-order valence-corrected chi connectivity index (χ2v) is 4.14. The van der Waals surface area contributed by atoms with Crippen LogP contribution in [0, 0.1) is 5.41 Å². The van der Waals surface area contributed by atoms with Crippen molar-refractivity contribution in [2.75, 3.05) is 6.61 Å². The van der Waals surface area contributed by atoms with Gasteiger partial charge < -0.3 is 15.3 Å². The van der Waals surface area contributed by atoms with Crippen LogP contribution in [0.3, 0.4) is 0 Å². The maximum absolute atomic E-state index is 9.90. The van der Waals surface area contributed by atoms with E-state index in [1.807, 2.05) is 0 Å². The number of hydrogen-bond acceptors (Lipinski definition) is 3. The highest BCUT2D eigenvalue weighted by atomic mass is 16.3. The van der Waals surface area contributed by atoms with Crippen molar-refractivity contribution in [3.8, 4) is 5.75 Å². The summed E-state index contributed by atoms with van der Waals surface area (Å²) in [6, 6.07) is 6.44. The van der Waals surface area contributed by atoms with E-state index in [9.17, 15) is 10.2 Å². The van der Waals surface area contributed by atoms with Gasteiger partial charge in [0, 0.05) is 5.41 Å². The fraction of sp³-hybridized carbons (Fsp3) is 0.455. The maximum atomic E-state index is 9.90. The first-order valence-corrected chi connectivity index (χ1v) is 4.55. The second kappa shape index (κ2) is 3.98. The fourth-order valence-electron chi connectivity index (χ4n) is 1.23. The highest BCUT2D eigenvalue weighted by Crippen LogP contribution is 2.33. The number of hydrogen-bond donors (Lipinski definition) is 3. The quantitative estimate of drug-likeness (QED) is 0.685. The molecule has 0 aromatic heterocycles. The number of phenols is 1. The maximum Gasteiger partial charge on any atom is 0.115 e. The fourth-order valence-corrected chi connectivity index (χ4v) is 1.23. The van der Waals surface area contributed by atoms with E-state index in [2.05, 4.69) is 0 Å². The van der Waals surface area contributed by atoms with Crippen molar-refractivity contribution in [3.63, 3.8) is 0 Å². The molecule has 0 saturated carbocycles. The number of aliphatic hydroxyl groups excluding tert-OH is 2. The predicted octanol–water partition coefficient (Wildman–Crippen LogP) is 1.44. The summed E-state index contributed by atoms with van der Waals surface area (Å²) in [7, 11) is 0. The Bertz CT molecular complexity index is 307. The van der Waals surface area contributed by atoms with Crippen LogP contribution in [0.25, 0.3) is 0 Å². The highest BCUT2D eigenvalue weighted by Gasteiger charge is 2.28. The van der Waals surface area contributed by atoms with E-state index in [-0.39, 0.29) is 12.4 Å². The van der Waals surface area contributed by atoms with Crippen molar-refractivity contribution < 1.29 is 15.3 Å². The third-order valence-corrected chi connectivity index (χ3v) is 2.33. The molecule has 0 aliphatic heterocycles. The molecule has 0 fully saturated rings. The molecule has 0 aliphatic carbocycles. The van der Waals surface area contributed by atoms with Crippen molar-refractivity contribution >= 4 is 0 Å². The summed E-state index contributed by atoms with van der Waals surface area (Å²) in [6.07, 6.45) is -0.778. The average Bonchev–Trinajstić information content (AvgIpc) is 2.16. The third-order valence-electron chi connectivity index (χ3n) is 2.33. The minimum absolute atomic E-state index is 0.107. The lowest BCUT2D eigenvalue weighted by atomic mass is 9.83. The molecule has 3 heteroatoms. The van der Waals surface area contributed by atoms with E-state index in [0.717, 1.165) is 0 Å². The first-order chi connectivity index (χ1) is 6.47. The van der Waals surface area contributed by atoms with Gasteiger partial charge in [0.15, 0.2) is 0 Å². The summed E-state index contributed by atoms with van der Waals surface area (Å²) in [5, 5.41) is 28.2. The average molecular weight is 196 g/mol. The second-order valence-electron chi connectivity index (χ2n) is 4.14. The minimum atomic E-state index is -0.778. The lowest BCUT2D eigenvalue weighted by Crippen LogP contribution is -2.25. The minimum Gasteiger partial charge on any atom is -0.508 e. The van der Waals surface area contributed by atoms with Crippen LogP contribution in [-0.4, -0.2) is 21.9 Å². The molecule has 0 radical (unpaired) electrons. The third kappa shape index (κ3) is 2.25. The Morgan fingerprint density at radius 1 is 1.36 bits per heavy atom. The topological polar surface area (TPSA) is 60.7 Å². The number of phenolic OH excluding ortho intramolecular Hbond substituents is 1. The van der Waals surface area contributed by atoms with Gasteiger partial charge in [0.1, 0.15) is 5.75 Å². The van der Waals surface area contributed by atoms with Gasteiger partial charge in [0.2, 0.25) is 0 Å². The highest BCUT2D eigenvalue weighted by molar-refractivity contribution is 5.29. The van der Waals surface area contributed by atoms with Crippen LogP contribution in [0.15, 0.2) is 24.3 Å². The van der Waals surface area contributed by atoms with Gasteiger partial charge in [-0.1, -0.05) is 26.0 Å². The Hall–Kier alpha value is -1.06. The van der Waals surface area contributed by atoms with Gasteiger partial charge in [-0.25, -0.2) is 0 Å². The molecule has 0 unspecified atom stereocenters. The Balaban J connectivity index is 2.94. The molecule has 0 amide bonds. The summed E-state index contributed by atoms with van der Waals surface area (Å²) < 4.78 is 0. The molecule has 1 aromatic rings. The van der Waals surface area contributed by atoms with Gasteiger partial charge in [-0.05, 0) is 17.7 Å². The smallest absolute Gasteiger partial charge is 0.115 e. The molecule has 1 aromatic carbocycles. The van der Waals surface area contributed by atoms with E-state index in [0.29, 0.717) is 5.56 Å². The van der Waals surface area contributed by atoms with Crippen LogP contribution >= 0.6 is 0 Å². The molecule has 3 nitrogen and oxygen atoms in total. The number of aromatic hydroxyl groups is 1. The van der Waals surface area contributed by atoms with Gasteiger partial charge in [-0.2, -0.15) is 0 Å². The van der Waals surface area contributed by atoms with E-state index in [4.69, 9.17) is 5.11 Å². The van der Waals surface area contributed by atoms with Crippen LogP contribution in [0.5, 0.6) is 5.75 Å². The molecular weight excluding hydrogens is 180 g/mol. The van der Waals surface area contributed by atoms with E-state index in [1.165, 1.54) is 6.07 Å². The zero-order valence-corrected chi connectivity index (χ0v) is 8.44. The van der Waals surface area contributed by atoms with Gasteiger partial charge in [-0.15, -0.1) is 0 Å². The molecule has 0 bridgehead atoms. The Labute approximate surface area is 83.6 Å². The predicted molar refractivity (Wildman–Crippen MR) is 53.9 cm³/mol. The molecule has 78 valence electrons. The molecule has 0 heterocycles. The Kier molecular flexibility index (Phi) is 3.13. The SMILES string of the molecule is CC(C)(CO)[C@H](O)c1cccc(O)c1. The zero-order valence-electron chi connectivity index (χ0n) is 8.44. The largest absolute Gasteiger partial charge is 0.508 e. The van der Waals surface area contributed by atoms with E-state index >= 15 is 0 Å². The van der Waals surface area contributed by atoms with Gasteiger partial charge in [0.05, 0.1) is 12.7 Å². The van der Waals surface area contributed by atoms with Crippen LogP contribution in [-0.2, 0) is 0 Å².